The van der Waals surface area contributed by atoms with Gasteiger partial charge in [0.2, 0.25) is 0 Å². The molecule has 1 unspecified atom stereocenters. The van der Waals surface area contributed by atoms with Crippen molar-refractivity contribution < 1.29 is 47.0 Å². The maximum absolute atomic E-state index is 13.1. The molecular weight excluding hydrogens is 429 g/mol. The number of hydrogen-bond donors (Lipinski definition) is 1. The Bertz CT molecular complexity index is 743. The predicted molar refractivity (Wildman–Crippen MR) is 107 cm³/mol. The summed E-state index contributed by atoms with van der Waals surface area (Å²) in [4.78, 5) is 13.1. The SMILES string of the molecule is CC1=C(C)C(C)[C]([Ti+2]([NH]C(=O)c2ccccc2C(C)C)[SiH](C)C)=C1C.[Cl-].[Cl-]. The van der Waals surface area contributed by atoms with Crippen LogP contribution in [0.3, 0.4) is 0 Å². The van der Waals surface area contributed by atoms with Crippen LogP contribution in [-0.4, -0.2) is 12.6 Å². The molecule has 0 aromatic heterocycles. The molecule has 0 spiro atoms. The number of halogens is 2. The van der Waals surface area contributed by atoms with Crippen LogP contribution in [-0.2, 0) is 17.4 Å². The molecule has 0 saturated heterocycles. The van der Waals surface area contributed by atoms with E-state index in [1.165, 1.54) is 16.7 Å². The van der Waals surface area contributed by atoms with E-state index in [4.69, 9.17) is 0 Å². The first kappa shape index (κ1) is 26.7. The Hall–Kier alpha value is -0.319. The number of allylic oxidation sites excluding steroid dienone is 4. The van der Waals surface area contributed by atoms with E-state index < -0.39 is 24.0 Å². The molecule has 149 valence electrons. The number of rotatable bonds is 5. The summed E-state index contributed by atoms with van der Waals surface area (Å²) in [6, 6.07) is 8.08. The molecule has 0 fully saturated rings. The van der Waals surface area contributed by atoms with Crippen LogP contribution in [0.25, 0.3) is 0 Å². The molecule has 1 amide bonds. The summed E-state index contributed by atoms with van der Waals surface area (Å²) in [5, 5.41) is 0. The fourth-order valence-electron chi connectivity index (χ4n) is 3.72. The summed E-state index contributed by atoms with van der Waals surface area (Å²) in [5.74, 6) is 1.01. The molecule has 2 nitrogen and oxygen atoms in total. The van der Waals surface area contributed by atoms with Crippen molar-refractivity contribution in [1.82, 2.24) is 3.80 Å². The van der Waals surface area contributed by atoms with Crippen molar-refractivity contribution in [3.63, 3.8) is 0 Å². The molecule has 1 aromatic rings. The van der Waals surface area contributed by atoms with Crippen molar-refractivity contribution in [2.45, 2.75) is 60.6 Å². The van der Waals surface area contributed by atoms with E-state index in [2.05, 4.69) is 64.5 Å². The molecule has 1 atom stereocenters. The van der Waals surface area contributed by atoms with Crippen LogP contribution in [0.5, 0.6) is 0 Å². The van der Waals surface area contributed by atoms with Gasteiger partial charge in [0.05, 0.1) is 0 Å². The van der Waals surface area contributed by atoms with Crippen molar-refractivity contribution in [2.75, 3.05) is 0 Å². The van der Waals surface area contributed by atoms with E-state index in [9.17, 15) is 4.79 Å². The molecule has 0 radical (unpaired) electrons. The van der Waals surface area contributed by atoms with Crippen LogP contribution in [0.2, 0.25) is 13.1 Å². The minimum atomic E-state index is -1.79. The Morgan fingerprint density at radius 3 is 2.07 bits per heavy atom. The molecule has 6 heteroatoms. The van der Waals surface area contributed by atoms with Gasteiger partial charge in [-0.15, -0.1) is 0 Å². The van der Waals surface area contributed by atoms with Crippen molar-refractivity contribution >= 4 is 12.6 Å². The molecule has 27 heavy (non-hydrogen) atoms. The molecule has 0 saturated carbocycles. The fraction of sp³-hybridized carbons (Fsp3) is 0.476. The summed E-state index contributed by atoms with van der Waals surface area (Å²) in [5.41, 5.74) is 6.41. The van der Waals surface area contributed by atoms with E-state index in [0.29, 0.717) is 11.8 Å². The second-order valence-corrected chi connectivity index (χ2v) is 20.5. The normalized spacial score (nSPS) is 16.4. The quantitative estimate of drug-likeness (QED) is 0.580. The average molecular weight is 461 g/mol. The fourth-order valence-corrected chi connectivity index (χ4v) is 14.2. The van der Waals surface area contributed by atoms with Gasteiger partial charge in [-0.1, -0.05) is 0 Å². The Morgan fingerprint density at radius 2 is 1.63 bits per heavy atom. The summed E-state index contributed by atoms with van der Waals surface area (Å²) in [7, 11) is 0. The van der Waals surface area contributed by atoms with Gasteiger partial charge >= 0.3 is 161 Å². The standard InChI is InChI=1S/C10H13NO.C9H13.C2H7Si.2ClH.Ti/c1-7(2)8-5-3-4-6-9(8)10(11)12;1-6-5-7(2)9(4)8(6)3;1-3-2;;;/h3-7H,1-2H3,(H2,11,12);6H,1-4H3;3H,1-2H3;2*1H;/q;;;;;+3/p-3. The summed E-state index contributed by atoms with van der Waals surface area (Å²) in [6.45, 7) is 17.3. The van der Waals surface area contributed by atoms with Crippen molar-refractivity contribution in [2.24, 2.45) is 5.92 Å². The Labute approximate surface area is 185 Å². The van der Waals surface area contributed by atoms with Crippen LogP contribution in [0.4, 0.5) is 0 Å². The van der Waals surface area contributed by atoms with Crippen LogP contribution in [0.1, 0.15) is 63.4 Å². The molecule has 2 rings (SSSR count). The largest absolute Gasteiger partial charge is 1.00 e. The zero-order valence-electron chi connectivity index (χ0n) is 17.7. The van der Waals surface area contributed by atoms with Crippen LogP contribution in [0.15, 0.2) is 44.9 Å². The van der Waals surface area contributed by atoms with Crippen molar-refractivity contribution in [1.29, 1.82) is 0 Å². The Balaban J connectivity index is 0.00000338. The first-order chi connectivity index (χ1) is 11.7. The number of nitrogens with one attached hydrogen (secondary N) is 1. The van der Waals surface area contributed by atoms with Crippen LogP contribution >= 0.6 is 0 Å². The maximum Gasteiger partial charge on any atom is -1.00 e. The molecule has 1 aromatic carbocycles. The van der Waals surface area contributed by atoms with E-state index in [0.717, 1.165) is 11.1 Å². The molecule has 1 aliphatic rings. The predicted octanol–water partition coefficient (Wildman–Crippen LogP) is -0.675. The topological polar surface area (TPSA) is 29.1 Å². The molecular formula is C21H32Cl2NOSiTi. The average Bonchev–Trinajstić information content (AvgIpc) is 2.76. The van der Waals surface area contributed by atoms with Crippen LogP contribution in [0, 0.1) is 5.92 Å². The first-order valence-corrected chi connectivity index (χ1v) is 16.5. The van der Waals surface area contributed by atoms with Gasteiger partial charge in [-0.25, -0.2) is 0 Å². The van der Waals surface area contributed by atoms with Gasteiger partial charge in [-0.2, -0.15) is 0 Å². The summed E-state index contributed by atoms with van der Waals surface area (Å²) in [6.07, 6.45) is 0. The third-order valence-corrected chi connectivity index (χ3v) is 17.0. The van der Waals surface area contributed by atoms with E-state index in [1.54, 1.807) is 3.88 Å². The molecule has 1 N–H and O–H groups in total. The second kappa shape index (κ2) is 11.0. The third-order valence-electron chi connectivity index (χ3n) is 5.58. The van der Waals surface area contributed by atoms with Gasteiger partial charge in [0, 0.05) is 0 Å². The maximum atomic E-state index is 13.1. The number of carbonyl (C=O) groups is 1. The van der Waals surface area contributed by atoms with Gasteiger partial charge in [-0.05, 0) is 0 Å². The van der Waals surface area contributed by atoms with Crippen LogP contribution < -0.4 is 28.6 Å². The number of carbonyl (C=O) groups excluding carboxylic acids is 1. The Morgan fingerprint density at radius 1 is 1.07 bits per heavy atom. The zero-order chi connectivity index (χ0) is 18.9. The minimum absolute atomic E-state index is 0. The Kier molecular flexibility index (Phi) is 10.9. The monoisotopic (exact) mass is 460 g/mol. The molecule has 1 aliphatic carbocycles. The second-order valence-electron chi connectivity index (χ2n) is 7.83. The van der Waals surface area contributed by atoms with Gasteiger partial charge in [0.1, 0.15) is 0 Å². The summed E-state index contributed by atoms with van der Waals surface area (Å²) < 4.78 is 5.18. The number of amides is 1. The summed E-state index contributed by atoms with van der Waals surface area (Å²) >= 11 is -1.79. The van der Waals surface area contributed by atoms with Crippen molar-refractivity contribution in [3.05, 3.63) is 56.0 Å². The number of hydrogen-bond acceptors (Lipinski definition) is 1. The van der Waals surface area contributed by atoms with Gasteiger partial charge < -0.3 is 24.8 Å². The van der Waals surface area contributed by atoms with Gasteiger partial charge in [0.25, 0.3) is 0 Å². The zero-order valence-corrected chi connectivity index (χ0v) is 21.9. The van der Waals surface area contributed by atoms with Gasteiger partial charge in [-0.3, -0.25) is 0 Å². The minimum Gasteiger partial charge on any atom is -1.00 e. The number of benzene rings is 1. The first-order valence-electron chi connectivity index (χ1n) is 9.32. The van der Waals surface area contributed by atoms with E-state index in [-0.39, 0.29) is 30.7 Å². The van der Waals surface area contributed by atoms with E-state index in [1.807, 2.05) is 18.2 Å². The van der Waals surface area contributed by atoms with Gasteiger partial charge in [0.15, 0.2) is 0 Å². The van der Waals surface area contributed by atoms with E-state index >= 15 is 0 Å². The molecule has 0 aliphatic heterocycles. The molecule has 0 bridgehead atoms. The molecule has 0 heterocycles. The smallest absolute Gasteiger partial charge is 1.00 e. The third kappa shape index (κ3) is 5.61. The van der Waals surface area contributed by atoms with Crippen molar-refractivity contribution in [3.8, 4) is 0 Å².